The summed E-state index contributed by atoms with van der Waals surface area (Å²) in [6.07, 6.45) is 1.68. The number of hydrogen-bond donors (Lipinski definition) is 1. The summed E-state index contributed by atoms with van der Waals surface area (Å²) in [7, 11) is -3.66. The number of carbonyl (C=O) groups excluding carboxylic acids is 1. The quantitative estimate of drug-likeness (QED) is 0.783. The molecule has 26 heavy (non-hydrogen) atoms. The summed E-state index contributed by atoms with van der Waals surface area (Å²) in [6.45, 7) is 3.47. The molecule has 1 amide bonds. The molecule has 0 saturated carbocycles. The molecule has 0 atom stereocenters. The molecule has 140 valence electrons. The van der Waals surface area contributed by atoms with Crippen molar-refractivity contribution in [1.82, 2.24) is 5.32 Å². The van der Waals surface area contributed by atoms with Crippen molar-refractivity contribution >= 4 is 33.2 Å². The maximum absolute atomic E-state index is 12.5. The molecule has 2 aromatic rings. The summed E-state index contributed by atoms with van der Waals surface area (Å²) in [4.78, 5) is 12.5. The van der Waals surface area contributed by atoms with E-state index in [1.54, 1.807) is 24.3 Å². The Bertz CT molecular complexity index is 867. The van der Waals surface area contributed by atoms with E-state index >= 15 is 0 Å². The minimum absolute atomic E-state index is 0.272. The van der Waals surface area contributed by atoms with Crippen LogP contribution in [0.5, 0.6) is 0 Å². The fourth-order valence-electron chi connectivity index (χ4n) is 2.73. The Morgan fingerprint density at radius 1 is 1.08 bits per heavy atom. The second-order valence-electron chi connectivity index (χ2n) is 6.82. The van der Waals surface area contributed by atoms with Crippen LogP contribution < -0.4 is 9.62 Å². The van der Waals surface area contributed by atoms with Crippen LogP contribution in [0, 0.1) is 0 Å². The first-order valence-electron chi connectivity index (χ1n) is 8.16. The van der Waals surface area contributed by atoms with Crippen LogP contribution in [0.1, 0.15) is 19.4 Å². The summed E-state index contributed by atoms with van der Waals surface area (Å²) >= 11 is 6.11. The van der Waals surface area contributed by atoms with Crippen LogP contribution in [-0.4, -0.2) is 32.7 Å². The van der Waals surface area contributed by atoms with Gasteiger partial charge < -0.3 is 5.32 Å². The van der Waals surface area contributed by atoms with Gasteiger partial charge in [0.2, 0.25) is 15.9 Å². The van der Waals surface area contributed by atoms with Gasteiger partial charge in [0.1, 0.15) is 6.54 Å². The smallest absolute Gasteiger partial charge is 0.241 e. The highest BCUT2D eigenvalue weighted by molar-refractivity contribution is 7.92. The van der Waals surface area contributed by atoms with E-state index in [9.17, 15) is 13.2 Å². The van der Waals surface area contributed by atoms with Gasteiger partial charge >= 0.3 is 0 Å². The first-order valence-corrected chi connectivity index (χ1v) is 10.4. The van der Waals surface area contributed by atoms with Gasteiger partial charge in [-0.2, -0.15) is 0 Å². The number of anilines is 1. The lowest BCUT2D eigenvalue weighted by atomic mass is 9.95. The summed E-state index contributed by atoms with van der Waals surface area (Å²) in [6, 6.07) is 16.3. The van der Waals surface area contributed by atoms with Crippen LogP contribution in [0.25, 0.3) is 0 Å². The van der Waals surface area contributed by atoms with Gasteiger partial charge in [0.05, 0.1) is 17.0 Å². The zero-order valence-electron chi connectivity index (χ0n) is 15.1. The molecule has 2 aromatic carbocycles. The van der Waals surface area contributed by atoms with Gasteiger partial charge in [-0.05, 0) is 38.0 Å². The number of sulfonamides is 1. The number of halogens is 1. The molecule has 0 radical (unpaired) electrons. The van der Waals surface area contributed by atoms with Crippen LogP contribution in [-0.2, 0) is 21.2 Å². The Hall–Kier alpha value is -2.05. The number of hydrogen-bond acceptors (Lipinski definition) is 3. The van der Waals surface area contributed by atoms with E-state index in [0.717, 1.165) is 16.1 Å². The van der Waals surface area contributed by atoms with Gasteiger partial charge in [0.15, 0.2) is 0 Å². The van der Waals surface area contributed by atoms with Crippen LogP contribution in [0.2, 0.25) is 5.02 Å². The van der Waals surface area contributed by atoms with Gasteiger partial charge in [-0.1, -0.05) is 54.1 Å². The van der Waals surface area contributed by atoms with E-state index in [4.69, 9.17) is 11.6 Å². The number of para-hydroxylation sites is 1. The van der Waals surface area contributed by atoms with Crippen LogP contribution in [0.15, 0.2) is 54.6 Å². The Balaban J connectivity index is 2.14. The van der Waals surface area contributed by atoms with Crippen molar-refractivity contribution in [3.05, 3.63) is 65.2 Å². The molecule has 0 bridgehead atoms. The normalized spacial score (nSPS) is 11.8. The molecule has 0 unspecified atom stereocenters. The molecule has 0 aromatic heterocycles. The molecular weight excluding hydrogens is 372 g/mol. The minimum Gasteiger partial charge on any atom is -0.349 e. The van der Waals surface area contributed by atoms with E-state index < -0.39 is 21.5 Å². The number of amides is 1. The molecule has 7 heteroatoms. The Morgan fingerprint density at radius 3 is 2.23 bits per heavy atom. The molecule has 0 aliphatic heterocycles. The summed E-state index contributed by atoms with van der Waals surface area (Å²) < 4.78 is 25.3. The van der Waals surface area contributed by atoms with E-state index in [2.05, 4.69) is 5.32 Å². The van der Waals surface area contributed by atoms with E-state index in [0.29, 0.717) is 6.42 Å². The van der Waals surface area contributed by atoms with E-state index in [-0.39, 0.29) is 17.3 Å². The third-order valence-corrected chi connectivity index (χ3v) is 5.22. The number of carbonyl (C=O) groups is 1. The fourth-order valence-corrected chi connectivity index (χ4v) is 3.89. The van der Waals surface area contributed by atoms with Crippen molar-refractivity contribution in [1.29, 1.82) is 0 Å². The summed E-state index contributed by atoms with van der Waals surface area (Å²) in [5, 5.41) is 3.18. The highest BCUT2D eigenvalue weighted by Gasteiger charge is 2.26. The third kappa shape index (κ3) is 5.75. The predicted octanol–water partition coefficient (Wildman–Crippen LogP) is 3.24. The second-order valence-corrected chi connectivity index (χ2v) is 9.13. The largest absolute Gasteiger partial charge is 0.349 e. The standard InChI is InChI=1S/C19H23ClN2O3S/c1-19(2,13-15-9-5-4-6-10-15)21-18(23)14-22(26(3,24)25)17-12-8-7-11-16(17)20/h4-12H,13-14H2,1-3H3,(H,21,23). The van der Waals surface area contributed by atoms with Gasteiger partial charge in [0, 0.05) is 5.54 Å². The number of rotatable bonds is 7. The third-order valence-electron chi connectivity index (χ3n) is 3.78. The van der Waals surface area contributed by atoms with Crippen molar-refractivity contribution in [2.24, 2.45) is 0 Å². The highest BCUT2D eigenvalue weighted by atomic mass is 35.5. The molecule has 0 saturated heterocycles. The summed E-state index contributed by atoms with van der Waals surface area (Å²) in [5.74, 6) is -0.392. The molecular formula is C19H23ClN2O3S. The average Bonchev–Trinajstić information content (AvgIpc) is 2.52. The molecule has 0 spiro atoms. The highest BCUT2D eigenvalue weighted by Crippen LogP contribution is 2.27. The molecule has 0 fully saturated rings. The molecule has 0 aliphatic carbocycles. The molecule has 5 nitrogen and oxygen atoms in total. The van der Waals surface area contributed by atoms with Gasteiger partial charge in [-0.25, -0.2) is 8.42 Å². The van der Waals surface area contributed by atoms with Gasteiger partial charge in [0.25, 0.3) is 0 Å². The zero-order valence-corrected chi connectivity index (χ0v) is 16.6. The van der Waals surface area contributed by atoms with Crippen molar-refractivity contribution < 1.29 is 13.2 Å². The minimum atomic E-state index is -3.66. The van der Waals surface area contributed by atoms with E-state index in [1.807, 2.05) is 44.2 Å². The lowest BCUT2D eigenvalue weighted by molar-refractivity contribution is -0.121. The van der Waals surface area contributed by atoms with Gasteiger partial charge in [-0.3, -0.25) is 9.10 Å². The maximum atomic E-state index is 12.5. The van der Waals surface area contributed by atoms with Crippen molar-refractivity contribution in [3.8, 4) is 0 Å². The lowest BCUT2D eigenvalue weighted by Crippen LogP contribution is -2.50. The lowest BCUT2D eigenvalue weighted by Gasteiger charge is -2.29. The topological polar surface area (TPSA) is 66.5 Å². The Morgan fingerprint density at radius 2 is 1.65 bits per heavy atom. The van der Waals surface area contributed by atoms with Crippen molar-refractivity contribution in [2.75, 3.05) is 17.1 Å². The van der Waals surface area contributed by atoms with Crippen molar-refractivity contribution in [2.45, 2.75) is 25.8 Å². The molecule has 1 N–H and O–H groups in total. The first kappa shape index (κ1) is 20.3. The second kappa shape index (κ2) is 8.10. The molecule has 2 rings (SSSR count). The van der Waals surface area contributed by atoms with Crippen LogP contribution in [0.4, 0.5) is 5.69 Å². The molecule has 0 heterocycles. The van der Waals surface area contributed by atoms with Crippen LogP contribution in [0.3, 0.4) is 0 Å². The van der Waals surface area contributed by atoms with Crippen molar-refractivity contribution in [3.63, 3.8) is 0 Å². The van der Waals surface area contributed by atoms with Gasteiger partial charge in [-0.15, -0.1) is 0 Å². The van der Waals surface area contributed by atoms with Crippen LogP contribution >= 0.6 is 11.6 Å². The Kier molecular flexibility index (Phi) is 6.31. The maximum Gasteiger partial charge on any atom is 0.241 e. The zero-order chi connectivity index (χ0) is 19.4. The fraction of sp³-hybridized carbons (Fsp3) is 0.316. The average molecular weight is 395 g/mol. The van der Waals surface area contributed by atoms with E-state index in [1.165, 1.54) is 0 Å². The summed E-state index contributed by atoms with van der Waals surface area (Å²) in [5.41, 5.74) is 0.846. The number of nitrogens with zero attached hydrogens (tertiary/aromatic N) is 1. The number of benzene rings is 2. The Labute approximate surface area is 160 Å². The molecule has 0 aliphatic rings. The SMILES string of the molecule is CC(C)(Cc1ccccc1)NC(=O)CN(c1ccccc1Cl)S(C)(=O)=O. The first-order chi connectivity index (χ1) is 12.1. The monoisotopic (exact) mass is 394 g/mol. The number of nitrogens with one attached hydrogen (secondary N) is 1. The predicted molar refractivity (Wildman–Crippen MR) is 106 cm³/mol.